The zero-order valence-electron chi connectivity index (χ0n) is 25.0. The fourth-order valence-corrected chi connectivity index (χ4v) is 6.83. The second-order valence-electron chi connectivity index (χ2n) is 11.7. The summed E-state index contributed by atoms with van der Waals surface area (Å²) >= 11 is 3.24. The van der Waals surface area contributed by atoms with E-state index in [1.165, 1.54) is 11.8 Å². The number of nitrogens with zero attached hydrogens (tertiary/aromatic N) is 1. The lowest BCUT2D eigenvalue weighted by atomic mass is 9.79. The van der Waals surface area contributed by atoms with Crippen LogP contribution in [0.3, 0.4) is 0 Å². The second kappa shape index (κ2) is 14.5. The average Bonchev–Trinajstić information content (AvgIpc) is 3.09. The monoisotopic (exact) mass is 602 g/mol. The third-order valence-corrected chi connectivity index (χ3v) is 9.26. The van der Waals surface area contributed by atoms with Crippen molar-refractivity contribution in [3.63, 3.8) is 0 Å². The van der Waals surface area contributed by atoms with Crippen LogP contribution in [0.1, 0.15) is 83.5 Å². The van der Waals surface area contributed by atoms with Gasteiger partial charge in [-0.15, -0.1) is 23.5 Å². The number of ether oxygens (including phenoxy) is 1. The number of carboxylic acid groups (broad SMARTS) is 1. The predicted octanol–water partition coefficient (Wildman–Crippen LogP) is 8.82. The van der Waals surface area contributed by atoms with Crippen LogP contribution in [0.25, 0.3) is 0 Å². The molecule has 0 aliphatic carbocycles. The van der Waals surface area contributed by atoms with E-state index in [-0.39, 0.29) is 16.9 Å². The van der Waals surface area contributed by atoms with Crippen molar-refractivity contribution >= 4 is 46.8 Å². The number of hydrogen-bond acceptors (Lipinski definition) is 6. The lowest BCUT2D eigenvalue weighted by Gasteiger charge is -2.38. The average molecular weight is 603 g/mol. The zero-order valence-corrected chi connectivity index (χ0v) is 26.6. The molecular weight excluding hydrogens is 559 g/mol. The number of unbranched alkanes of at least 4 members (excludes halogenated alkanes) is 2. The van der Waals surface area contributed by atoms with Gasteiger partial charge in [-0.25, -0.2) is 4.79 Å². The highest BCUT2D eigenvalue weighted by atomic mass is 32.2. The van der Waals surface area contributed by atoms with Crippen LogP contribution in [0.4, 0.5) is 15.8 Å². The first-order valence-electron chi connectivity index (χ1n) is 14.2. The molecule has 0 fully saturated rings. The molecule has 1 amide bonds. The van der Waals surface area contributed by atoms with Crippen molar-refractivity contribution in [1.82, 2.24) is 5.32 Å². The van der Waals surface area contributed by atoms with Crippen LogP contribution in [-0.4, -0.2) is 41.1 Å². The number of benzene rings is 2. The summed E-state index contributed by atoms with van der Waals surface area (Å²) in [6.07, 6.45) is 9.32. The second-order valence-corrected chi connectivity index (χ2v) is 13.6. The number of hydrogen-bond donors (Lipinski definition) is 2. The molecule has 1 heterocycles. The molecule has 3 rings (SSSR count). The molecule has 224 valence electrons. The molecular formula is C32H43FN2O4S2. The largest absolute Gasteiger partial charge is 0.476 e. The van der Waals surface area contributed by atoms with Gasteiger partial charge in [0.25, 0.3) is 5.91 Å². The van der Waals surface area contributed by atoms with E-state index in [1.54, 1.807) is 11.8 Å². The molecule has 6 nitrogen and oxygen atoms in total. The number of carbonyl (C=O) groups excluding carboxylic acids is 1. The molecule has 1 aliphatic heterocycles. The third kappa shape index (κ3) is 8.92. The van der Waals surface area contributed by atoms with Crippen molar-refractivity contribution in [2.24, 2.45) is 5.41 Å². The number of rotatable bonds is 12. The van der Waals surface area contributed by atoms with Gasteiger partial charge < -0.3 is 20.1 Å². The van der Waals surface area contributed by atoms with Crippen LogP contribution in [0.2, 0.25) is 0 Å². The maximum atomic E-state index is 13.7. The fourth-order valence-electron chi connectivity index (χ4n) is 4.94. The van der Waals surface area contributed by atoms with Crippen LogP contribution in [0.5, 0.6) is 5.75 Å². The van der Waals surface area contributed by atoms with E-state index in [0.29, 0.717) is 17.6 Å². The molecule has 41 heavy (non-hydrogen) atoms. The summed E-state index contributed by atoms with van der Waals surface area (Å²) in [5.41, 5.74) is 2.38. The van der Waals surface area contributed by atoms with Crippen molar-refractivity contribution in [1.29, 1.82) is 0 Å². The summed E-state index contributed by atoms with van der Waals surface area (Å²) in [5, 5.41) is 11.9. The van der Waals surface area contributed by atoms with Gasteiger partial charge in [-0.05, 0) is 81.7 Å². The minimum absolute atomic E-state index is 0.0772. The number of carboxylic acids is 1. The molecule has 0 radical (unpaired) electrons. The first kappa shape index (κ1) is 32.9. The normalized spacial score (nSPS) is 15.2. The highest BCUT2D eigenvalue weighted by Crippen LogP contribution is 2.50. The standard InChI is InChI=1S/C32H43FN2O4S2/c1-7-9-15-32(16-10-8-2)20-35(23-13-11-22(12-14-23)29(36)34-31(3,4)5)25-17-28(40-6)26(18-27(25)41-21-32)39-19-24(33)30(37)38/h11-14,17-19H,7-10,15-16,20-21H2,1-6H3,(H,34,36)(H,37,38)/b24-19-. The van der Waals surface area contributed by atoms with Crippen molar-refractivity contribution < 1.29 is 23.8 Å². The Balaban J connectivity index is 2.10. The minimum atomic E-state index is -1.66. The number of thioether (sulfide) groups is 2. The third-order valence-electron chi connectivity index (χ3n) is 7.11. The molecule has 9 heteroatoms. The van der Waals surface area contributed by atoms with Gasteiger partial charge in [0.15, 0.2) is 0 Å². The van der Waals surface area contributed by atoms with Crippen molar-refractivity contribution in [2.75, 3.05) is 23.5 Å². The van der Waals surface area contributed by atoms with E-state index in [4.69, 9.17) is 9.84 Å². The van der Waals surface area contributed by atoms with E-state index in [1.807, 2.05) is 63.4 Å². The highest BCUT2D eigenvalue weighted by Gasteiger charge is 2.36. The molecule has 0 atom stereocenters. The Morgan fingerprint density at radius 3 is 2.32 bits per heavy atom. The molecule has 2 aromatic carbocycles. The summed E-state index contributed by atoms with van der Waals surface area (Å²) in [5.74, 6) is -1.77. The Morgan fingerprint density at radius 1 is 1.15 bits per heavy atom. The SMILES string of the molecule is CCCCC1(CCCC)CSc2cc(O/C=C(\F)C(=O)O)c(SC)cc2N(c2ccc(C(=O)NC(C)(C)C)cc2)C1. The van der Waals surface area contributed by atoms with E-state index < -0.39 is 11.8 Å². The van der Waals surface area contributed by atoms with Crippen molar-refractivity contribution in [2.45, 2.75) is 88.5 Å². The first-order chi connectivity index (χ1) is 19.4. The maximum absolute atomic E-state index is 13.7. The van der Waals surface area contributed by atoms with Gasteiger partial charge >= 0.3 is 5.97 Å². The molecule has 0 saturated carbocycles. The van der Waals surface area contributed by atoms with Gasteiger partial charge in [-0.3, -0.25) is 4.79 Å². The quantitative estimate of drug-likeness (QED) is 0.143. The molecule has 0 aromatic heterocycles. The lowest BCUT2D eigenvalue weighted by molar-refractivity contribution is -0.134. The van der Waals surface area contributed by atoms with Crippen LogP contribution < -0.4 is 15.0 Å². The Labute approximate surface area is 252 Å². The summed E-state index contributed by atoms with van der Waals surface area (Å²) < 4.78 is 19.3. The molecule has 0 bridgehead atoms. The summed E-state index contributed by atoms with van der Waals surface area (Å²) in [7, 11) is 0. The maximum Gasteiger partial charge on any atom is 0.368 e. The number of anilines is 2. The molecule has 0 spiro atoms. The predicted molar refractivity (Wildman–Crippen MR) is 169 cm³/mol. The van der Waals surface area contributed by atoms with Gasteiger partial charge in [0.05, 0.1) is 10.6 Å². The molecule has 0 saturated heterocycles. The minimum Gasteiger partial charge on any atom is -0.476 e. The summed E-state index contributed by atoms with van der Waals surface area (Å²) in [4.78, 5) is 27.9. The Hall–Kier alpha value is -2.65. The van der Waals surface area contributed by atoms with Gasteiger partial charge in [-0.1, -0.05) is 39.5 Å². The number of carbonyl (C=O) groups is 2. The summed E-state index contributed by atoms with van der Waals surface area (Å²) in [6.45, 7) is 11.2. The van der Waals surface area contributed by atoms with Crippen LogP contribution >= 0.6 is 23.5 Å². The number of aliphatic carboxylic acids is 1. The highest BCUT2D eigenvalue weighted by molar-refractivity contribution is 7.99. The Morgan fingerprint density at radius 2 is 1.78 bits per heavy atom. The fraction of sp³-hybridized carbons (Fsp3) is 0.500. The number of nitrogens with one attached hydrogen (secondary N) is 1. The van der Waals surface area contributed by atoms with Crippen molar-refractivity contribution in [3.05, 3.63) is 54.1 Å². The molecule has 2 N–H and O–H groups in total. The van der Waals surface area contributed by atoms with Gasteiger partial charge in [0.2, 0.25) is 5.83 Å². The zero-order chi connectivity index (χ0) is 30.2. The number of amides is 1. The smallest absolute Gasteiger partial charge is 0.368 e. The lowest BCUT2D eigenvalue weighted by Crippen LogP contribution is -2.40. The molecule has 0 unspecified atom stereocenters. The van der Waals surface area contributed by atoms with Gasteiger partial charge in [-0.2, -0.15) is 4.39 Å². The summed E-state index contributed by atoms with van der Waals surface area (Å²) in [6, 6.07) is 11.7. The van der Waals surface area contributed by atoms with Gasteiger partial charge in [0.1, 0.15) is 12.0 Å². The Kier molecular flexibility index (Phi) is 11.6. The number of halogens is 1. The molecule has 2 aromatic rings. The number of fused-ring (bicyclic) bond motifs is 1. The Bertz CT molecular complexity index is 1230. The van der Waals surface area contributed by atoms with Crippen LogP contribution in [-0.2, 0) is 4.79 Å². The topological polar surface area (TPSA) is 78.9 Å². The van der Waals surface area contributed by atoms with Gasteiger partial charge in [0, 0.05) is 34.0 Å². The van der Waals surface area contributed by atoms with E-state index in [0.717, 1.165) is 72.0 Å². The van der Waals surface area contributed by atoms with Crippen LogP contribution in [0.15, 0.2) is 58.3 Å². The van der Waals surface area contributed by atoms with Crippen molar-refractivity contribution in [3.8, 4) is 5.75 Å². The van der Waals surface area contributed by atoms with E-state index >= 15 is 0 Å². The first-order valence-corrected chi connectivity index (χ1v) is 16.4. The van der Waals surface area contributed by atoms with E-state index in [2.05, 4.69) is 24.1 Å². The van der Waals surface area contributed by atoms with Crippen LogP contribution in [0, 0.1) is 5.41 Å². The molecule has 1 aliphatic rings. The van der Waals surface area contributed by atoms with E-state index in [9.17, 15) is 14.0 Å².